The first-order chi connectivity index (χ1) is 8.36. The average Bonchev–Trinajstić information content (AvgIpc) is 2.32. The predicted molar refractivity (Wildman–Crippen MR) is 73.5 cm³/mol. The van der Waals surface area contributed by atoms with Crippen molar-refractivity contribution in [1.29, 1.82) is 0 Å². The van der Waals surface area contributed by atoms with Crippen molar-refractivity contribution in [2.75, 3.05) is 7.05 Å². The van der Waals surface area contributed by atoms with Crippen LogP contribution in [0, 0.1) is 18.7 Å². The van der Waals surface area contributed by atoms with Gasteiger partial charge in [0, 0.05) is 11.6 Å². The van der Waals surface area contributed by atoms with E-state index in [0.717, 1.165) is 11.3 Å². The predicted octanol–water partition coefficient (Wildman–Crippen LogP) is 3.84. The van der Waals surface area contributed by atoms with E-state index in [0.29, 0.717) is 11.5 Å². The Hall–Kier alpha value is -1.09. The molecule has 0 amide bonds. The lowest BCUT2D eigenvalue weighted by atomic mass is 10.0. The number of hydrogen-bond acceptors (Lipinski definition) is 2. The highest BCUT2D eigenvalue weighted by Gasteiger charge is 2.17. The van der Waals surface area contributed by atoms with Crippen LogP contribution in [0.4, 0.5) is 4.39 Å². The number of halogens is 1. The Bertz CT molecular complexity index is 404. The fraction of sp³-hybridized carbons (Fsp3) is 0.600. The maximum atomic E-state index is 13.7. The van der Waals surface area contributed by atoms with Gasteiger partial charge in [0.2, 0.25) is 0 Å². The number of nitrogens with one attached hydrogen (secondary N) is 1. The van der Waals surface area contributed by atoms with Crippen molar-refractivity contribution in [3.8, 4) is 5.75 Å². The molecule has 1 rings (SSSR count). The normalized spacial score (nSPS) is 14.7. The van der Waals surface area contributed by atoms with Gasteiger partial charge < -0.3 is 10.1 Å². The molecule has 0 aromatic heterocycles. The summed E-state index contributed by atoms with van der Waals surface area (Å²) in [5.41, 5.74) is 1.49. The minimum absolute atomic E-state index is 0.0643. The fourth-order valence-corrected chi connectivity index (χ4v) is 1.60. The highest BCUT2D eigenvalue weighted by Crippen LogP contribution is 2.29. The van der Waals surface area contributed by atoms with Gasteiger partial charge in [-0.3, -0.25) is 0 Å². The van der Waals surface area contributed by atoms with Gasteiger partial charge in [-0.1, -0.05) is 13.8 Å². The van der Waals surface area contributed by atoms with E-state index in [2.05, 4.69) is 19.2 Å². The third-order valence-corrected chi connectivity index (χ3v) is 3.44. The minimum Gasteiger partial charge on any atom is -0.490 e. The van der Waals surface area contributed by atoms with E-state index in [4.69, 9.17) is 4.74 Å². The van der Waals surface area contributed by atoms with Crippen molar-refractivity contribution in [3.63, 3.8) is 0 Å². The third kappa shape index (κ3) is 3.45. The van der Waals surface area contributed by atoms with E-state index in [-0.39, 0.29) is 18.0 Å². The molecule has 0 fully saturated rings. The zero-order valence-electron chi connectivity index (χ0n) is 12.2. The van der Waals surface area contributed by atoms with Crippen LogP contribution in [0.15, 0.2) is 12.1 Å². The van der Waals surface area contributed by atoms with E-state index in [1.165, 1.54) is 0 Å². The van der Waals surface area contributed by atoms with Crippen molar-refractivity contribution in [1.82, 2.24) is 5.32 Å². The molecule has 3 heteroatoms. The molecule has 102 valence electrons. The molecule has 0 radical (unpaired) electrons. The Balaban J connectivity index is 3.11. The van der Waals surface area contributed by atoms with Gasteiger partial charge >= 0.3 is 0 Å². The van der Waals surface area contributed by atoms with E-state index in [1.807, 2.05) is 20.9 Å². The van der Waals surface area contributed by atoms with E-state index in [1.54, 1.807) is 19.1 Å². The SMILES string of the molecule is CNC(C)c1cc(F)c(C)cc1OC(C)C(C)C. The summed E-state index contributed by atoms with van der Waals surface area (Å²) in [6.45, 7) is 10.0. The van der Waals surface area contributed by atoms with Crippen molar-refractivity contribution >= 4 is 0 Å². The van der Waals surface area contributed by atoms with Gasteiger partial charge in [-0.05, 0) is 51.4 Å². The minimum atomic E-state index is -0.184. The van der Waals surface area contributed by atoms with Crippen LogP contribution in [0.1, 0.15) is 44.9 Å². The summed E-state index contributed by atoms with van der Waals surface area (Å²) in [5.74, 6) is 1.02. The molecule has 0 aliphatic heterocycles. The Kier molecular flexibility index (Phi) is 5.15. The molecule has 0 heterocycles. The van der Waals surface area contributed by atoms with Crippen LogP contribution in [-0.4, -0.2) is 13.2 Å². The van der Waals surface area contributed by atoms with Crippen LogP contribution >= 0.6 is 0 Å². The molecular formula is C15H24FNO. The number of benzene rings is 1. The molecular weight excluding hydrogens is 229 g/mol. The molecule has 1 aromatic carbocycles. The van der Waals surface area contributed by atoms with Crippen molar-refractivity contribution < 1.29 is 9.13 Å². The van der Waals surface area contributed by atoms with Gasteiger partial charge in [-0.2, -0.15) is 0 Å². The van der Waals surface area contributed by atoms with Crippen LogP contribution in [-0.2, 0) is 0 Å². The summed E-state index contributed by atoms with van der Waals surface area (Å²) in [5, 5.41) is 3.12. The van der Waals surface area contributed by atoms with Crippen LogP contribution in [0.3, 0.4) is 0 Å². The van der Waals surface area contributed by atoms with Gasteiger partial charge in [-0.25, -0.2) is 4.39 Å². The topological polar surface area (TPSA) is 21.3 Å². The Morgan fingerprint density at radius 2 is 1.78 bits per heavy atom. The number of aryl methyl sites for hydroxylation is 1. The number of ether oxygens (including phenoxy) is 1. The smallest absolute Gasteiger partial charge is 0.126 e. The maximum absolute atomic E-state index is 13.7. The second-order valence-electron chi connectivity index (χ2n) is 5.22. The highest BCUT2D eigenvalue weighted by atomic mass is 19.1. The van der Waals surface area contributed by atoms with Crippen molar-refractivity contribution in [2.45, 2.75) is 46.8 Å². The maximum Gasteiger partial charge on any atom is 0.126 e. The molecule has 2 atom stereocenters. The lowest BCUT2D eigenvalue weighted by Gasteiger charge is -2.23. The van der Waals surface area contributed by atoms with E-state index >= 15 is 0 Å². The molecule has 0 aliphatic rings. The Labute approximate surface area is 110 Å². The summed E-state index contributed by atoms with van der Waals surface area (Å²) in [6, 6.07) is 3.42. The van der Waals surface area contributed by atoms with Gasteiger partial charge in [0.15, 0.2) is 0 Å². The molecule has 0 aliphatic carbocycles. The summed E-state index contributed by atoms with van der Waals surface area (Å²) >= 11 is 0. The Morgan fingerprint density at radius 3 is 2.28 bits per heavy atom. The molecule has 1 N–H and O–H groups in total. The van der Waals surface area contributed by atoms with Gasteiger partial charge in [0.05, 0.1) is 6.10 Å². The summed E-state index contributed by atoms with van der Waals surface area (Å²) in [7, 11) is 1.86. The average molecular weight is 253 g/mol. The van der Waals surface area contributed by atoms with Crippen molar-refractivity contribution in [2.24, 2.45) is 5.92 Å². The largest absolute Gasteiger partial charge is 0.490 e. The summed E-state index contributed by atoms with van der Waals surface area (Å²) in [6.07, 6.45) is 0.109. The first-order valence-electron chi connectivity index (χ1n) is 6.50. The standard InChI is InChI=1S/C15H24FNO/c1-9(2)12(5)18-15-7-10(3)14(16)8-13(15)11(4)17-6/h7-9,11-12,17H,1-6H3. The first kappa shape index (κ1) is 15.0. The fourth-order valence-electron chi connectivity index (χ4n) is 1.60. The quantitative estimate of drug-likeness (QED) is 0.861. The molecule has 0 saturated heterocycles. The second-order valence-corrected chi connectivity index (χ2v) is 5.22. The molecule has 2 unspecified atom stereocenters. The van der Waals surface area contributed by atoms with Crippen molar-refractivity contribution in [3.05, 3.63) is 29.1 Å². The summed E-state index contributed by atoms with van der Waals surface area (Å²) in [4.78, 5) is 0. The highest BCUT2D eigenvalue weighted by molar-refractivity contribution is 5.40. The molecule has 0 bridgehead atoms. The molecule has 0 saturated carbocycles. The van der Waals surface area contributed by atoms with E-state index < -0.39 is 0 Å². The van der Waals surface area contributed by atoms with Crippen LogP contribution < -0.4 is 10.1 Å². The van der Waals surface area contributed by atoms with Gasteiger partial charge in [0.25, 0.3) is 0 Å². The van der Waals surface area contributed by atoms with Crippen LogP contribution in [0.2, 0.25) is 0 Å². The second kappa shape index (κ2) is 6.19. The van der Waals surface area contributed by atoms with Gasteiger partial charge in [0.1, 0.15) is 11.6 Å². The number of hydrogen-bond donors (Lipinski definition) is 1. The number of rotatable bonds is 5. The Morgan fingerprint density at radius 1 is 1.17 bits per heavy atom. The molecule has 1 aromatic rings. The van der Waals surface area contributed by atoms with Gasteiger partial charge in [-0.15, -0.1) is 0 Å². The van der Waals surface area contributed by atoms with Crippen LogP contribution in [0.5, 0.6) is 5.75 Å². The monoisotopic (exact) mass is 253 g/mol. The lowest BCUT2D eigenvalue weighted by Crippen LogP contribution is -2.21. The molecule has 0 spiro atoms. The first-order valence-corrected chi connectivity index (χ1v) is 6.50. The third-order valence-electron chi connectivity index (χ3n) is 3.44. The zero-order valence-corrected chi connectivity index (χ0v) is 12.2. The zero-order chi connectivity index (χ0) is 13.9. The van der Waals surface area contributed by atoms with Crippen LogP contribution in [0.25, 0.3) is 0 Å². The molecule has 18 heavy (non-hydrogen) atoms. The lowest BCUT2D eigenvalue weighted by molar-refractivity contribution is 0.167. The summed E-state index contributed by atoms with van der Waals surface area (Å²) < 4.78 is 19.6. The van der Waals surface area contributed by atoms with E-state index in [9.17, 15) is 4.39 Å². The molecule has 2 nitrogen and oxygen atoms in total.